The van der Waals surface area contributed by atoms with Crippen LogP contribution in [0, 0.1) is 25.0 Å². The topological polar surface area (TPSA) is 95.0 Å². The summed E-state index contributed by atoms with van der Waals surface area (Å²) in [6, 6.07) is 4.92. The van der Waals surface area contributed by atoms with E-state index in [1.54, 1.807) is 25.3 Å². The molecule has 1 aliphatic carbocycles. The van der Waals surface area contributed by atoms with E-state index in [1.807, 2.05) is 13.0 Å². The number of nitrogens with one attached hydrogen (secondary N) is 1. The molecule has 6 nitrogen and oxygen atoms in total. The molecule has 3 rings (SSSR count). The molecule has 144 valence electrons. The monoisotopic (exact) mass is 368 g/mol. The molecule has 0 aliphatic heterocycles. The molecule has 1 atom stereocenters. The Balaban J connectivity index is 1.71. The molecule has 2 aromatic heterocycles. The van der Waals surface area contributed by atoms with Crippen molar-refractivity contribution < 1.29 is 9.52 Å². The van der Waals surface area contributed by atoms with Crippen LogP contribution in [-0.4, -0.2) is 16.9 Å². The van der Waals surface area contributed by atoms with Gasteiger partial charge in [-0.2, -0.15) is 4.73 Å². The second-order valence-corrected chi connectivity index (χ2v) is 7.48. The van der Waals surface area contributed by atoms with Crippen LogP contribution in [0.15, 0.2) is 30.6 Å². The fraction of sp³-hybridized carbons (Fsp3) is 0.476. The SMILES string of the molecule is Cc1cc[n+]([O-])c(C)c1-c1ccc(NC(=O)[C@@H](N)C2CCCCCC2)nc1. The molecule has 1 saturated carbocycles. The summed E-state index contributed by atoms with van der Waals surface area (Å²) < 4.78 is 0.851. The molecule has 0 aromatic carbocycles. The Morgan fingerprint density at radius 3 is 2.56 bits per heavy atom. The predicted molar refractivity (Wildman–Crippen MR) is 106 cm³/mol. The first-order valence-corrected chi connectivity index (χ1v) is 9.69. The highest BCUT2D eigenvalue weighted by atomic mass is 16.5. The van der Waals surface area contributed by atoms with Crippen molar-refractivity contribution in [3.05, 3.63) is 47.1 Å². The van der Waals surface area contributed by atoms with Crippen LogP contribution in [0.4, 0.5) is 5.82 Å². The average molecular weight is 368 g/mol. The zero-order chi connectivity index (χ0) is 19.4. The van der Waals surface area contributed by atoms with Gasteiger partial charge in [-0.05, 0) is 43.4 Å². The van der Waals surface area contributed by atoms with Crippen LogP contribution in [0.5, 0.6) is 0 Å². The minimum atomic E-state index is -0.498. The maximum atomic E-state index is 12.5. The highest BCUT2D eigenvalue weighted by molar-refractivity contribution is 5.94. The molecule has 0 unspecified atom stereocenters. The molecule has 27 heavy (non-hydrogen) atoms. The average Bonchev–Trinajstić information content (AvgIpc) is 2.95. The number of amides is 1. The smallest absolute Gasteiger partial charge is 0.242 e. The number of hydrogen-bond donors (Lipinski definition) is 2. The molecular formula is C21H28N4O2. The molecule has 6 heteroatoms. The van der Waals surface area contributed by atoms with Gasteiger partial charge in [-0.3, -0.25) is 4.79 Å². The minimum Gasteiger partial charge on any atom is -0.618 e. The number of hydrogen-bond acceptors (Lipinski definition) is 4. The van der Waals surface area contributed by atoms with Crippen molar-refractivity contribution in [2.45, 2.75) is 58.4 Å². The molecule has 2 heterocycles. The van der Waals surface area contributed by atoms with Crippen LogP contribution < -0.4 is 15.8 Å². The molecule has 0 bridgehead atoms. The first-order chi connectivity index (χ1) is 13.0. The van der Waals surface area contributed by atoms with Crippen molar-refractivity contribution in [1.82, 2.24) is 4.98 Å². The number of nitrogens with zero attached hydrogens (tertiary/aromatic N) is 2. The summed E-state index contributed by atoms with van der Waals surface area (Å²) >= 11 is 0. The Hall–Kier alpha value is -2.47. The normalized spacial score (nSPS) is 16.6. The third kappa shape index (κ3) is 4.45. The van der Waals surface area contributed by atoms with Gasteiger partial charge < -0.3 is 16.3 Å². The molecule has 0 spiro atoms. The number of aromatic nitrogens is 2. The standard InChI is InChI=1S/C21H28N4O2/c1-14-11-12-25(27)15(2)19(14)17-9-10-18(23-13-17)24-21(26)20(22)16-7-5-3-4-6-8-16/h9-13,16,20H,3-8,22H2,1-2H3,(H,23,24,26)/t20-/m0/s1. The Morgan fingerprint density at radius 2 is 1.93 bits per heavy atom. The van der Waals surface area contributed by atoms with Crippen LogP contribution in [0.25, 0.3) is 11.1 Å². The lowest BCUT2D eigenvalue weighted by molar-refractivity contribution is -0.611. The third-order valence-corrected chi connectivity index (χ3v) is 5.56. The maximum Gasteiger partial charge on any atom is 0.242 e. The second-order valence-electron chi connectivity index (χ2n) is 7.48. The van der Waals surface area contributed by atoms with Gasteiger partial charge in [0.15, 0.2) is 11.9 Å². The number of rotatable bonds is 4. The van der Waals surface area contributed by atoms with Crippen molar-refractivity contribution in [2.24, 2.45) is 11.7 Å². The summed E-state index contributed by atoms with van der Waals surface area (Å²) in [5.41, 5.74) is 9.56. The largest absolute Gasteiger partial charge is 0.618 e. The number of anilines is 1. The van der Waals surface area contributed by atoms with E-state index >= 15 is 0 Å². The molecule has 1 amide bonds. The van der Waals surface area contributed by atoms with E-state index in [4.69, 9.17) is 5.73 Å². The highest BCUT2D eigenvalue weighted by Gasteiger charge is 2.25. The lowest BCUT2D eigenvalue weighted by atomic mass is 9.92. The molecule has 2 aromatic rings. The fourth-order valence-electron chi connectivity index (χ4n) is 3.92. The minimum absolute atomic E-state index is 0.174. The Kier molecular flexibility index (Phi) is 6.06. The Bertz CT molecular complexity index is 797. The number of carbonyl (C=O) groups excluding carboxylic acids is 1. The van der Waals surface area contributed by atoms with E-state index in [0.717, 1.165) is 47.1 Å². The van der Waals surface area contributed by atoms with Gasteiger partial charge in [0, 0.05) is 24.8 Å². The van der Waals surface area contributed by atoms with E-state index in [0.29, 0.717) is 11.5 Å². The van der Waals surface area contributed by atoms with Crippen LogP contribution in [0.2, 0.25) is 0 Å². The number of carbonyl (C=O) groups is 1. The van der Waals surface area contributed by atoms with Crippen LogP contribution in [-0.2, 0) is 4.79 Å². The van der Waals surface area contributed by atoms with Gasteiger partial charge in [0.1, 0.15) is 5.82 Å². The van der Waals surface area contributed by atoms with Gasteiger partial charge in [-0.15, -0.1) is 0 Å². The van der Waals surface area contributed by atoms with Crippen LogP contribution >= 0.6 is 0 Å². The van der Waals surface area contributed by atoms with Crippen molar-refractivity contribution in [3.63, 3.8) is 0 Å². The predicted octanol–water partition coefficient (Wildman–Crippen LogP) is 3.24. The number of nitrogens with two attached hydrogens (primary N) is 1. The van der Waals surface area contributed by atoms with Gasteiger partial charge in [0.05, 0.1) is 11.6 Å². The summed E-state index contributed by atoms with van der Waals surface area (Å²) in [7, 11) is 0. The third-order valence-electron chi connectivity index (χ3n) is 5.56. The van der Waals surface area contributed by atoms with E-state index in [1.165, 1.54) is 19.0 Å². The molecule has 1 aliphatic rings. The number of aryl methyl sites for hydroxylation is 1. The van der Waals surface area contributed by atoms with Gasteiger partial charge in [-0.25, -0.2) is 4.98 Å². The van der Waals surface area contributed by atoms with Crippen molar-refractivity contribution in [2.75, 3.05) is 5.32 Å². The quantitative estimate of drug-likeness (QED) is 0.492. The Labute approximate surface area is 160 Å². The number of pyridine rings is 2. The lowest BCUT2D eigenvalue weighted by Crippen LogP contribution is -2.42. The van der Waals surface area contributed by atoms with Crippen molar-refractivity contribution in [3.8, 4) is 11.1 Å². The first kappa shape index (κ1) is 19.3. The summed E-state index contributed by atoms with van der Waals surface area (Å²) in [6.45, 7) is 3.75. The van der Waals surface area contributed by atoms with Crippen LogP contribution in [0.3, 0.4) is 0 Å². The van der Waals surface area contributed by atoms with Crippen molar-refractivity contribution in [1.29, 1.82) is 0 Å². The van der Waals surface area contributed by atoms with Gasteiger partial charge in [0.2, 0.25) is 5.91 Å². The van der Waals surface area contributed by atoms with Crippen molar-refractivity contribution >= 4 is 11.7 Å². The van der Waals surface area contributed by atoms with E-state index < -0.39 is 6.04 Å². The van der Waals surface area contributed by atoms with E-state index in [2.05, 4.69) is 10.3 Å². The van der Waals surface area contributed by atoms with E-state index in [-0.39, 0.29) is 11.8 Å². The van der Waals surface area contributed by atoms with Gasteiger partial charge >= 0.3 is 0 Å². The van der Waals surface area contributed by atoms with E-state index in [9.17, 15) is 10.0 Å². The second kappa shape index (κ2) is 8.48. The molecule has 3 N–H and O–H groups in total. The summed E-state index contributed by atoms with van der Waals surface area (Å²) in [5, 5.41) is 14.7. The first-order valence-electron chi connectivity index (χ1n) is 9.69. The highest BCUT2D eigenvalue weighted by Crippen LogP contribution is 2.27. The maximum absolute atomic E-state index is 12.5. The summed E-state index contributed by atoms with van der Waals surface area (Å²) in [4.78, 5) is 16.9. The molecular weight excluding hydrogens is 340 g/mol. The van der Waals surface area contributed by atoms with Gasteiger partial charge in [0.25, 0.3) is 0 Å². The fourth-order valence-corrected chi connectivity index (χ4v) is 3.92. The van der Waals surface area contributed by atoms with Crippen LogP contribution in [0.1, 0.15) is 49.8 Å². The summed E-state index contributed by atoms with van der Waals surface area (Å²) in [6.07, 6.45) is 9.98. The Morgan fingerprint density at radius 1 is 1.22 bits per heavy atom. The molecule has 0 saturated heterocycles. The lowest BCUT2D eigenvalue weighted by Gasteiger charge is -2.21. The van der Waals surface area contributed by atoms with Gasteiger partial charge in [-0.1, -0.05) is 25.7 Å². The molecule has 0 radical (unpaired) electrons. The molecule has 1 fully saturated rings. The summed E-state index contributed by atoms with van der Waals surface area (Å²) in [5.74, 6) is 0.551. The zero-order valence-electron chi connectivity index (χ0n) is 16.1. The zero-order valence-corrected chi connectivity index (χ0v) is 16.1.